The van der Waals surface area contributed by atoms with E-state index in [1.807, 2.05) is 78.9 Å². The molecule has 5 nitrogen and oxygen atoms in total. The third-order valence-electron chi connectivity index (χ3n) is 4.42. The second-order valence-corrected chi connectivity index (χ2v) is 6.14. The maximum Gasteiger partial charge on any atom is 0.140 e. The normalized spacial score (nSPS) is 13.3. The Hall–Kier alpha value is -3.31. The highest BCUT2D eigenvalue weighted by atomic mass is 16.3. The van der Waals surface area contributed by atoms with Crippen molar-refractivity contribution in [3.05, 3.63) is 102 Å². The summed E-state index contributed by atoms with van der Waals surface area (Å²) in [6, 6.07) is 25.0. The number of rotatable bonds is 5. The number of H-pyrrole nitrogens is 1. The zero-order valence-corrected chi connectivity index (χ0v) is 14.1. The van der Waals surface area contributed by atoms with Crippen molar-refractivity contribution in [3.8, 4) is 11.4 Å². The van der Waals surface area contributed by atoms with Crippen molar-refractivity contribution >= 4 is 0 Å². The van der Waals surface area contributed by atoms with Gasteiger partial charge >= 0.3 is 0 Å². The fourth-order valence-corrected chi connectivity index (χ4v) is 3.13. The van der Waals surface area contributed by atoms with E-state index in [1.165, 1.54) is 0 Å². The molecule has 2 heterocycles. The van der Waals surface area contributed by atoms with E-state index < -0.39 is 5.60 Å². The van der Waals surface area contributed by atoms with Gasteiger partial charge in [0.2, 0.25) is 0 Å². The van der Waals surface area contributed by atoms with Crippen molar-refractivity contribution in [2.24, 2.45) is 0 Å². The molecule has 128 valence electrons. The third-order valence-corrected chi connectivity index (χ3v) is 4.42. The summed E-state index contributed by atoms with van der Waals surface area (Å²) >= 11 is 0. The van der Waals surface area contributed by atoms with Crippen LogP contribution in [0.3, 0.4) is 0 Å². The summed E-state index contributed by atoms with van der Waals surface area (Å²) in [5.74, 6) is 0. The summed E-state index contributed by atoms with van der Waals surface area (Å²) in [6.07, 6.45) is 2.09. The molecule has 0 saturated carbocycles. The van der Waals surface area contributed by atoms with E-state index in [2.05, 4.69) is 20.4 Å². The van der Waals surface area contributed by atoms with Crippen molar-refractivity contribution < 1.29 is 5.11 Å². The second-order valence-electron chi connectivity index (χ2n) is 6.14. The summed E-state index contributed by atoms with van der Waals surface area (Å²) in [5, 5.41) is 22.9. The molecule has 26 heavy (non-hydrogen) atoms. The Bertz CT molecular complexity index is 971. The first kappa shape index (κ1) is 16.2. The summed E-state index contributed by atoms with van der Waals surface area (Å²) in [6.45, 7) is 0. The van der Waals surface area contributed by atoms with Crippen molar-refractivity contribution in [2.75, 3.05) is 0 Å². The molecule has 0 fully saturated rings. The maximum atomic E-state index is 11.8. The minimum absolute atomic E-state index is 0.379. The molecule has 1 atom stereocenters. The number of pyridine rings is 1. The number of benzene rings is 2. The Kier molecular flexibility index (Phi) is 4.29. The molecule has 0 spiro atoms. The smallest absolute Gasteiger partial charge is 0.140 e. The van der Waals surface area contributed by atoms with E-state index in [0.717, 1.165) is 11.1 Å². The quantitative estimate of drug-likeness (QED) is 0.583. The van der Waals surface area contributed by atoms with Crippen molar-refractivity contribution in [1.29, 1.82) is 0 Å². The number of aromatic amines is 1. The highest BCUT2D eigenvalue weighted by Gasteiger charge is 2.37. The predicted octanol–water partition coefficient (Wildman–Crippen LogP) is 3.35. The SMILES string of the molecule is O[C@@](Cc1ccccc1)(c1ccccc1)c1nn[nH]c1-c1ccccn1. The fraction of sp³-hybridized carbons (Fsp3) is 0.0952. The van der Waals surface area contributed by atoms with Crippen molar-refractivity contribution in [3.63, 3.8) is 0 Å². The Morgan fingerprint density at radius 1 is 0.846 bits per heavy atom. The number of nitrogens with zero attached hydrogens (tertiary/aromatic N) is 3. The molecule has 2 N–H and O–H groups in total. The van der Waals surface area contributed by atoms with Crippen LogP contribution in [-0.4, -0.2) is 25.5 Å². The maximum absolute atomic E-state index is 11.8. The van der Waals surface area contributed by atoms with Gasteiger partial charge in [0.15, 0.2) is 0 Å². The van der Waals surface area contributed by atoms with Crippen LogP contribution >= 0.6 is 0 Å². The average Bonchev–Trinajstić information content (AvgIpc) is 3.21. The molecule has 0 bridgehead atoms. The average molecular weight is 342 g/mol. The molecule has 0 unspecified atom stereocenters. The Balaban J connectivity index is 1.86. The second kappa shape index (κ2) is 6.90. The number of aliphatic hydroxyl groups is 1. The van der Waals surface area contributed by atoms with E-state index in [-0.39, 0.29) is 0 Å². The molecule has 0 amide bonds. The lowest BCUT2D eigenvalue weighted by atomic mass is 9.83. The van der Waals surface area contributed by atoms with Gasteiger partial charge in [-0.15, -0.1) is 5.10 Å². The predicted molar refractivity (Wildman–Crippen MR) is 99.2 cm³/mol. The van der Waals surface area contributed by atoms with Crippen molar-refractivity contribution in [2.45, 2.75) is 12.0 Å². The van der Waals surface area contributed by atoms with E-state index in [4.69, 9.17) is 0 Å². The Morgan fingerprint density at radius 2 is 1.54 bits per heavy atom. The molecule has 0 aliphatic carbocycles. The first-order chi connectivity index (χ1) is 12.8. The molecule has 0 aliphatic rings. The highest BCUT2D eigenvalue weighted by Crippen LogP contribution is 2.36. The number of hydrogen-bond acceptors (Lipinski definition) is 4. The van der Waals surface area contributed by atoms with Gasteiger partial charge in [-0.3, -0.25) is 10.1 Å². The van der Waals surface area contributed by atoms with Crippen molar-refractivity contribution in [1.82, 2.24) is 20.4 Å². The van der Waals surface area contributed by atoms with Crippen LogP contribution in [0.1, 0.15) is 16.8 Å². The molecule has 0 aliphatic heterocycles. The molecule has 0 saturated heterocycles. The standard InChI is InChI=1S/C21H18N4O/c26-21(17-11-5-2-6-12-17,15-16-9-3-1-4-10-16)20-19(23-25-24-20)18-13-7-8-14-22-18/h1-14,26H,15H2,(H,23,24,25)/t21-/m0/s1. The zero-order valence-electron chi connectivity index (χ0n) is 14.1. The molecule has 2 aromatic heterocycles. The number of hydrogen-bond donors (Lipinski definition) is 2. The molecular formula is C21H18N4O. The summed E-state index contributed by atoms with van der Waals surface area (Å²) < 4.78 is 0. The lowest BCUT2D eigenvalue weighted by Gasteiger charge is -2.28. The van der Waals surface area contributed by atoms with Crippen LogP contribution in [0.25, 0.3) is 11.4 Å². The van der Waals surface area contributed by atoms with E-state index in [9.17, 15) is 5.11 Å². The Labute approximate surface area is 151 Å². The number of nitrogens with one attached hydrogen (secondary N) is 1. The fourth-order valence-electron chi connectivity index (χ4n) is 3.13. The van der Waals surface area contributed by atoms with E-state index >= 15 is 0 Å². The minimum atomic E-state index is -1.33. The van der Waals surface area contributed by atoms with E-state index in [1.54, 1.807) is 6.20 Å². The van der Waals surface area contributed by atoms with Crippen LogP contribution in [0.2, 0.25) is 0 Å². The number of aromatic nitrogens is 4. The molecule has 2 aromatic carbocycles. The van der Waals surface area contributed by atoms with Gasteiger partial charge in [-0.1, -0.05) is 71.9 Å². The molecule has 5 heteroatoms. The monoisotopic (exact) mass is 342 g/mol. The van der Waals surface area contributed by atoms with Gasteiger partial charge in [-0.2, -0.15) is 0 Å². The van der Waals surface area contributed by atoms with E-state index in [0.29, 0.717) is 23.5 Å². The summed E-state index contributed by atoms with van der Waals surface area (Å²) in [5.41, 5.74) is 2.21. The topological polar surface area (TPSA) is 74.7 Å². The van der Waals surface area contributed by atoms with Gasteiger partial charge in [0, 0.05) is 12.6 Å². The molecule has 4 rings (SSSR count). The summed E-state index contributed by atoms with van der Waals surface area (Å²) in [7, 11) is 0. The van der Waals surface area contributed by atoms with Crippen LogP contribution in [0, 0.1) is 0 Å². The van der Waals surface area contributed by atoms with Crippen LogP contribution in [-0.2, 0) is 12.0 Å². The van der Waals surface area contributed by atoms with Gasteiger partial charge in [0.25, 0.3) is 0 Å². The Morgan fingerprint density at radius 3 is 2.23 bits per heavy atom. The largest absolute Gasteiger partial charge is 0.378 e. The zero-order chi connectivity index (χ0) is 17.8. The molecule has 4 aromatic rings. The van der Waals surface area contributed by atoms with Gasteiger partial charge in [-0.25, -0.2) is 0 Å². The first-order valence-electron chi connectivity index (χ1n) is 8.42. The van der Waals surface area contributed by atoms with Crippen LogP contribution in [0.15, 0.2) is 85.1 Å². The van der Waals surface area contributed by atoms with Gasteiger partial charge in [0.1, 0.15) is 17.0 Å². The highest BCUT2D eigenvalue weighted by molar-refractivity contribution is 5.59. The van der Waals surface area contributed by atoms with Crippen LogP contribution in [0.5, 0.6) is 0 Å². The lowest BCUT2D eigenvalue weighted by molar-refractivity contribution is 0.0769. The molecule has 0 radical (unpaired) electrons. The minimum Gasteiger partial charge on any atom is -0.378 e. The van der Waals surface area contributed by atoms with Gasteiger partial charge < -0.3 is 5.11 Å². The molecular weight excluding hydrogens is 324 g/mol. The van der Waals surface area contributed by atoms with Crippen LogP contribution < -0.4 is 0 Å². The summed E-state index contributed by atoms with van der Waals surface area (Å²) in [4.78, 5) is 4.37. The van der Waals surface area contributed by atoms with Crippen LogP contribution in [0.4, 0.5) is 0 Å². The third kappa shape index (κ3) is 3.00. The first-order valence-corrected chi connectivity index (χ1v) is 8.42. The lowest BCUT2D eigenvalue weighted by Crippen LogP contribution is -2.31. The van der Waals surface area contributed by atoms with Gasteiger partial charge in [0.05, 0.1) is 5.69 Å². The van der Waals surface area contributed by atoms with Gasteiger partial charge in [-0.05, 0) is 23.3 Å².